The van der Waals surface area contributed by atoms with Crippen LogP contribution < -0.4 is 0 Å². The van der Waals surface area contributed by atoms with Crippen LogP contribution in [0.5, 0.6) is 0 Å². The Kier molecular flexibility index (Phi) is 6.53. The molecule has 0 atom stereocenters. The first-order valence-corrected chi connectivity index (χ1v) is 10.1. The third-order valence-electron chi connectivity index (χ3n) is 4.24. The van der Waals surface area contributed by atoms with Gasteiger partial charge in [0.25, 0.3) is 8.32 Å². The van der Waals surface area contributed by atoms with E-state index in [0.29, 0.717) is 16.6 Å². The van der Waals surface area contributed by atoms with E-state index in [2.05, 4.69) is 41.5 Å². The summed E-state index contributed by atoms with van der Waals surface area (Å²) in [5, 5.41) is 0. The minimum absolute atomic E-state index is 0.574. The first kappa shape index (κ1) is 17.8. The number of hydrogen-bond acceptors (Lipinski definition) is 2. The van der Waals surface area contributed by atoms with E-state index in [-0.39, 0.29) is 0 Å². The zero-order valence-corrected chi connectivity index (χ0v) is 15.5. The Morgan fingerprint density at radius 3 is 2.05 bits per heavy atom. The van der Waals surface area contributed by atoms with Crippen molar-refractivity contribution in [2.75, 3.05) is 0 Å². The van der Waals surface area contributed by atoms with Crippen LogP contribution in [0.4, 0.5) is 0 Å². The van der Waals surface area contributed by atoms with Crippen molar-refractivity contribution in [1.82, 2.24) is 0 Å². The van der Waals surface area contributed by atoms with Crippen LogP contribution in [0.2, 0.25) is 16.6 Å². The highest BCUT2D eigenvalue weighted by atomic mass is 28.4. The van der Waals surface area contributed by atoms with E-state index >= 15 is 0 Å². The molecule has 3 heteroatoms. The number of furan rings is 1. The molecule has 0 saturated heterocycles. The van der Waals surface area contributed by atoms with Gasteiger partial charge in [-0.1, -0.05) is 41.5 Å². The standard InChI is InChI=1S/C18H30O2Si/c1-8-17(11-12-18-10-9-13-19-18)20-21(14(2)3,15(4)5)16(6)7/h8-16H,1-7H3/b12-11+,17-8-. The predicted molar refractivity (Wildman–Crippen MR) is 93.6 cm³/mol. The van der Waals surface area contributed by atoms with Gasteiger partial charge in [-0.05, 0) is 53.9 Å². The van der Waals surface area contributed by atoms with Crippen molar-refractivity contribution in [2.24, 2.45) is 0 Å². The molecule has 1 rings (SSSR count). The second kappa shape index (κ2) is 7.69. The molecule has 0 fully saturated rings. The Bertz CT molecular complexity index is 446. The minimum Gasteiger partial charge on any atom is -0.543 e. The van der Waals surface area contributed by atoms with Gasteiger partial charge in [-0.2, -0.15) is 0 Å². The van der Waals surface area contributed by atoms with Gasteiger partial charge in [-0.3, -0.25) is 0 Å². The van der Waals surface area contributed by atoms with E-state index in [1.54, 1.807) is 6.26 Å². The Labute approximate surface area is 131 Å². The zero-order valence-electron chi connectivity index (χ0n) is 14.5. The Morgan fingerprint density at radius 2 is 1.67 bits per heavy atom. The molecule has 0 radical (unpaired) electrons. The van der Waals surface area contributed by atoms with E-state index in [0.717, 1.165) is 11.5 Å². The van der Waals surface area contributed by atoms with E-state index in [1.165, 1.54) is 0 Å². The summed E-state index contributed by atoms with van der Waals surface area (Å²) in [5.41, 5.74) is 1.72. The van der Waals surface area contributed by atoms with Gasteiger partial charge in [0.1, 0.15) is 5.76 Å². The lowest BCUT2D eigenvalue weighted by Gasteiger charge is -2.42. The van der Waals surface area contributed by atoms with Crippen LogP contribution in [0, 0.1) is 0 Å². The average molecular weight is 307 g/mol. The van der Waals surface area contributed by atoms with Gasteiger partial charge in [-0.25, -0.2) is 0 Å². The Morgan fingerprint density at radius 1 is 1.10 bits per heavy atom. The molecule has 0 bridgehead atoms. The molecule has 1 heterocycles. The molecule has 1 aromatic heterocycles. The summed E-state index contributed by atoms with van der Waals surface area (Å²) in [4.78, 5) is 0. The van der Waals surface area contributed by atoms with Crippen molar-refractivity contribution in [3.05, 3.63) is 42.1 Å². The molecular weight excluding hydrogens is 276 g/mol. The Balaban J connectivity index is 3.00. The molecule has 0 spiro atoms. The highest BCUT2D eigenvalue weighted by Crippen LogP contribution is 2.43. The maximum Gasteiger partial charge on any atom is 0.258 e. The summed E-state index contributed by atoms with van der Waals surface area (Å²) in [5.74, 6) is 1.80. The molecular formula is C18H30O2Si. The number of allylic oxidation sites excluding steroid dienone is 2. The quantitative estimate of drug-likeness (QED) is 0.331. The normalized spacial score (nSPS) is 13.9. The maximum atomic E-state index is 6.64. The summed E-state index contributed by atoms with van der Waals surface area (Å²) in [7, 11) is -1.88. The van der Waals surface area contributed by atoms with Crippen LogP contribution in [0.25, 0.3) is 6.08 Å². The fourth-order valence-electron chi connectivity index (χ4n) is 3.30. The minimum atomic E-state index is -1.88. The van der Waals surface area contributed by atoms with Gasteiger partial charge in [0.2, 0.25) is 0 Å². The molecule has 0 saturated carbocycles. The number of hydrogen-bond donors (Lipinski definition) is 0. The van der Waals surface area contributed by atoms with E-state index in [9.17, 15) is 0 Å². The van der Waals surface area contributed by atoms with E-state index < -0.39 is 8.32 Å². The topological polar surface area (TPSA) is 22.4 Å². The second-order valence-electron chi connectivity index (χ2n) is 6.46. The lowest BCUT2D eigenvalue weighted by molar-refractivity contribution is 0.386. The van der Waals surface area contributed by atoms with Crippen LogP contribution in [0.3, 0.4) is 0 Å². The second-order valence-corrected chi connectivity index (χ2v) is 11.8. The molecule has 118 valence electrons. The first-order chi connectivity index (χ1) is 9.84. The van der Waals surface area contributed by atoms with Crippen LogP contribution in [-0.2, 0) is 4.43 Å². The molecule has 0 amide bonds. The lowest BCUT2D eigenvalue weighted by atomic mass is 10.3. The van der Waals surface area contributed by atoms with Crippen molar-refractivity contribution >= 4 is 14.4 Å². The molecule has 0 unspecified atom stereocenters. The van der Waals surface area contributed by atoms with Gasteiger partial charge in [0.15, 0.2) is 0 Å². The molecule has 0 aliphatic rings. The van der Waals surface area contributed by atoms with Crippen molar-refractivity contribution < 1.29 is 8.84 Å². The smallest absolute Gasteiger partial charge is 0.258 e. The van der Waals surface area contributed by atoms with Gasteiger partial charge in [0.05, 0.1) is 12.0 Å². The first-order valence-electron chi connectivity index (χ1n) is 7.91. The van der Waals surface area contributed by atoms with Crippen LogP contribution in [0.15, 0.2) is 40.7 Å². The van der Waals surface area contributed by atoms with E-state index in [4.69, 9.17) is 8.84 Å². The maximum absolute atomic E-state index is 6.64. The monoisotopic (exact) mass is 306 g/mol. The lowest BCUT2D eigenvalue weighted by Crippen LogP contribution is -2.47. The van der Waals surface area contributed by atoms with Crippen molar-refractivity contribution in [3.63, 3.8) is 0 Å². The zero-order chi connectivity index (χ0) is 16.0. The van der Waals surface area contributed by atoms with Gasteiger partial charge in [-0.15, -0.1) is 0 Å². The average Bonchev–Trinajstić information content (AvgIpc) is 2.91. The molecule has 21 heavy (non-hydrogen) atoms. The van der Waals surface area contributed by atoms with Crippen LogP contribution in [-0.4, -0.2) is 8.32 Å². The summed E-state index contributed by atoms with van der Waals surface area (Å²) < 4.78 is 12.0. The SMILES string of the molecule is C/C=C(/C=C/c1ccco1)O[Si](C(C)C)(C(C)C)C(C)C. The molecule has 0 aliphatic heterocycles. The summed E-state index contributed by atoms with van der Waals surface area (Å²) in [6.07, 6.45) is 7.72. The third kappa shape index (κ3) is 4.13. The van der Waals surface area contributed by atoms with Crippen molar-refractivity contribution in [1.29, 1.82) is 0 Å². The highest BCUT2D eigenvalue weighted by Gasteiger charge is 2.47. The molecule has 1 aromatic rings. The third-order valence-corrected chi connectivity index (χ3v) is 10.2. The van der Waals surface area contributed by atoms with Gasteiger partial charge in [0, 0.05) is 0 Å². The Hall–Kier alpha value is -1.22. The summed E-state index contributed by atoms with van der Waals surface area (Å²) in [6.45, 7) is 15.8. The van der Waals surface area contributed by atoms with Crippen LogP contribution in [0.1, 0.15) is 54.2 Å². The summed E-state index contributed by atoms with van der Waals surface area (Å²) >= 11 is 0. The van der Waals surface area contributed by atoms with Crippen molar-refractivity contribution in [3.8, 4) is 0 Å². The molecule has 0 aromatic carbocycles. The highest BCUT2D eigenvalue weighted by molar-refractivity contribution is 6.77. The fraction of sp³-hybridized carbons (Fsp3) is 0.556. The predicted octanol–water partition coefficient (Wildman–Crippen LogP) is 6.39. The van der Waals surface area contributed by atoms with Gasteiger partial charge >= 0.3 is 0 Å². The largest absolute Gasteiger partial charge is 0.543 e. The van der Waals surface area contributed by atoms with E-state index in [1.807, 2.05) is 37.3 Å². The molecule has 2 nitrogen and oxygen atoms in total. The van der Waals surface area contributed by atoms with Gasteiger partial charge < -0.3 is 8.84 Å². The summed E-state index contributed by atoms with van der Waals surface area (Å²) in [6, 6.07) is 3.84. The van der Waals surface area contributed by atoms with Crippen molar-refractivity contribution in [2.45, 2.75) is 65.1 Å². The number of rotatable bonds is 7. The molecule has 0 N–H and O–H groups in total. The fourth-order valence-corrected chi connectivity index (χ4v) is 8.60. The van der Waals surface area contributed by atoms with Crippen LogP contribution >= 0.6 is 0 Å². The molecule has 0 aliphatic carbocycles.